The van der Waals surface area contributed by atoms with Gasteiger partial charge in [0.2, 0.25) is 5.91 Å². The molecule has 0 bridgehead atoms. The van der Waals surface area contributed by atoms with Crippen LogP contribution in [-0.2, 0) is 9.53 Å². The van der Waals surface area contributed by atoms with Crippen molar-refractivity contribution in [3.63, 3.8) is 0 Å². The fraction of sp³-hybridized carbons (Fsp3) is 0.579. The maximum atomic E-state index is 12.7. The molecule has 0 radical (unpaired) electrons. The van der Waals surface area contributed by atoms with E-state index in [1.807, 2.05) is 11.8 Å². The summed E-state index contributed by atoms with van der Waals surface area (Å²) in [4.78, 5) is 21.7. The first-order valence-corrected chi connectivity index (χ1v) is 9.88. The van der Waals surface area contributed by atoms with Crippen molar-refractivity contribution in [2.45, 2.75) is 33.6 Å². The van der Waals surface area contributed by atoms with Gasteiger partial charge in [-0.15, -0.1) is 0 Å². The molecule has 0 saturated carbocycles. The fourth-order valence-electron chi connectivity index (χ4n) is 3.03. The smallest absolute Gasteiger partial charge is 0.228 e. The zero-order valence-electron chi connectivity index (χ0n) is 15.4. The number of benzene rings is 1. The van der Waals surface area contributed by atoms with E-state index in [9.17, 15) is 4.79 Å². The van der Waals surface area contributed by atoms with Gasteiger partial charge < -0.3 is 4.74 Å². The maximum absolute atomic E-state index is 12.7. The van der Waals surface area contributed by atoms with Crippen molar-refractivity contribution in [1.82, 2.24) is 9.88 Å². The number of hydrogen-bond acceptors (Lipinski definition) is 5. The van der Waals surface area contributed by atoms with Crippen LogP contribution in [0.3, 0.4) is 0 Å². The van der Waals surface area contributed by atoms with Crippen LogP contribution in [0.2, 0.25) is 0 Å². The number of nitrogens with zero attached hydrogens (tertiary/aromatic N) is 3. The van der Waals surface area contributed by atoms with Crippen molar-refractivity contribution in [3.05, 3.63) is 23.3 Å². The molecule has 5 nitrogen and oxygen atoms in total. The van der Waals surface area contributed by atoms with Crippen molar-refractivity contribution < 1.29 is 9.53 Å². The molecule has 1 aromatic heterocycles. The van der Waals surface area contributed by atoms with Gasteiger partial charge in [0.1, 0.15) is 0 Å². The molecular weight excluding hydrogens is 334 g/mol. The fourth-order valence-corrected chi connectivity index (χ4v) is 4.11. The van der Waals surface area contributed by atoms with Crippen LogP contribution in [-0.4, -0.2) is 55.2 Å². The Balaban J connectivity index is 1.81. The highest BCUT2D eigenvalue weighted by Gasteiger charge is 2.21. The van der Waals surface area contributed by atoms with Crippen LogP contribution < -0.4 is 4.90 Å². The van der Waals surface area contributed by atoms with Gasteiger partial charge in [-0.05, 0) is 43.5 Å². The van der Waals surface area contributed by atoms with Crippen molar-refractivity contribution in [1.29, 1.82) is 0 Å². The van der Waals surface area contributed by atoms with Gasteiger partial charge in [0.25, 0.3) is 0 Å². The molecule has 2 heterocycles. The summed E-state index contributed by atoms with van der Waals surface area (Å²) in [6.45, 7) is 11.3. The van der Waals surface area contributed by atoms with Crippen LogP contribution in [0.15, 0.2) is 12.1 Å². The molecule has 0 spiro atoms. The molecule has 1 amide bonds. The van der Waals surface area contributed by atoms with Gasteiger partial charge in [-0.1, -0.05) is 18.3 Å². The summed E-state index contributed by atoms with van der Waals surface area (Å²) in [5, 5.41) is 0.826. The first-order chi connectivity index (χ1) is 12.1. The third kappa shape index (κ3) is 4.37. The predicted octanol–water partition coefficient (Wildman–Crippen LogP) is 3.38. The van der Waals surface area contributed by atoms with Crippen molar-refractivity contribution >= 4 is 32.6 Å². The second-order valence-corrected chi connectivity index (χ2v) is 7.66. The summed E-state index contributed by atoms with van der Waals surface area (Å²) in [7, 11) is 0. The molecule has 0 aliphatic carbocycles. The van der Waals surface area contributed by atoms with E-state index in [2.05, 4.69) is 30.9 Å². The van der Waals surface area contributed by atoms with Crippen LogP contribution in [0.4, 0.5) is 5.13 Å². The van der Waals surface area contributed by atoms with E-state index >= 15 is 0 Å². The Bertz CT molecular complexity index is 699. The van der Waals surface area contributed by atoms with Crippen LogP contribution in [0, 0.1) is 13.8 Å². The highest BCUT2D eigenvalue weighted by Crippen LogP contribution is 2.31. The van der Waals surface area contributed by atoms with E-state index in [1.54, 1.807) is 11.3 Å². The summed E-state index contributed by atoms with van der Waals surface area (Å²) in [5.74, 6) is 0.170. The number of aromatic nitrogens is 1. The highest BCUT2D eigenvalue weighted by atomic mass is 32.1. The number of rotatable bonds is 6. The lowest BCUT2D eigenvalue weighted by Crippen LogP contribution is -2.43. The Labute approximate surface area is 153 Å². The summed E-state index contributed by atoms with van der Waals surface area (Å²) < 4.78 is 6.56. The summed E-state index contributed by atoms with van der Waals surface area (Å²) >= 11 is 1.62. The SMILES string of the molecule is CCCC(=O)N(CCN1CCOCC1)c1nc2cc(C)c(C)cc2s1. The van der Waals surface area contributed by atoms with Gasteiger partial charge in [-0.3, -0.25) is 14.6 Å². The third-order valence-corrected chi connectivity index (χ3v) is 5.77. The average Bonchev–Trinajstić information content (AvgIpc) is 2.99. The Hall–Kier alpha value is -1.50. The topological polar surface area (TPSA) is 45.7 Å². The second kappa shape index (κ2) is 8.25. The molecule has 0 atom stereocenters. The number of morpholine rings is 1. The zero-order chi connectivity index (χ0) is 17.8. The third-order valence-electron chi connectivity index (χ3n) is 4.73. The minimum atomic E-state index is 0.170. The lowest BCUT2D eigenvalue weighted by molar-refractivity contribution is -0.118. The van der Waals surface area contributed by atoms with Gasteiger partial charge in [-0.25, -0.2) is 4.98 Å². The van der Waals surface area contributed by atoms with Gasteiger partial charge in [0.05, 0.1) is 23.4 Å². The molecular formula is C19H27N3O2S. The molecule has 1 fully saturated rings. The van der Waals surface area contributed by atoms with Crippen LogP contribution in [0.5, 0.6) is 0 Å². The predicted molar refractivity (Wildman–Crippen MR) is 104 cm³/mol. The van der Waals surface area contributed by atoms with Gasteiger partial charge in [-0.2, -0.15) is 0 Å². The first kappa shape index (κ1) is 18.3. The van der Waals surface area contributed by atoms with Crippen molar-refractivity contribution in [2.24, 2.45) is 0 Å². The van der Waals surface area contributed by atoms with Crippen molar-refractivity contribution in [3.8, 4) is 0 Å². The minimum absolute atomic E-state index is 0.170. The maximum Gasteiger partial charge on any atom is 0.228 e. The van der Waals surface area contributed by atoms with E-state index in [1.165, 1.54) is 11.1 Å². The number of aryl methyl sites for hydroxylation is 2. The molecule has 136 valence electrons. The molecule has 1 aliphatic heterocycles. The summed E-state index contributed by atoms with van der Waals surface area (Å²) in [6, 6.07) is 4.30. The quantitative estimate of drug-likeness (QED) is 0.791. The van der Waals surface area contributed by atoms with Crippen LogP contribution in [0.25, 0.3) is 10.2 Å². The Morgan fingerprint density at radius 3 is 2.72 bits per heavy atom. The Kier molecular flexibility index (Phi) is 6.04. The lowest BCUT2D eigenvalue weighted by atomic mass is 10.1. The van der Waals surface area contributed by atoms with E-state index in [4.69, 9.17) is 9.72 Å². The van der Waals surface area contributed by atoms with Gasteiger partial charge >= 0.3 is 0 Å². The molecule has 2 aromatic rings. The second-order valence-electron chi connectivity index (χ2n) is 6.65. The highest BCUT2D eigenvalue weighted by molar-refractivity contribution is 7.22. The molecule has 25 heavy (non-hydrogen) atoms. The largest absolute Gasteiger partial charge is 0.379 e. The Morgan fingerprint density at radius 1 is 1.28 bits per heavy atom. The summed E-state index contributed by atoms with van der Waals surface area (Å²) in [5.41, 5.74) is 3.50. The normalized spacial score (nSPS) is 15.6. The molecule has 6 heteroatoms. The van der Waals surface area contributed by atoms with Crippen LogP contribution >= 0.6 is 11.3 Å². The Morgan fingerprint density at radius 2 is 2.00 bits per heavy atom. The monoisotopic (exact) mass is 361 g/mol. The van der Waals surface area contributed by atoms with Crippen LogP contribution in [0.1, 0.15) is 30.9 Å². The van der Waals surface area contributed by atoms with Gasteiger partial charge in [0.15, 0.2) is 5.13 Å². The summed E-state index contributed by atoms with van der Waals surface area (Å²) in [6.07, 6.45) is 1.42. The molecule has 0 unspecified atom stereocenters. The van der Waals surface area contributed by atoms with Crippen molar-refractivity contribution in [2.75, 3.05) is 44.3 Å². The first-order valence-electron chi connectivity index (χ1n) is 9.06. The molecule has 0 N–H and O–H groups in total. The van der Waals surface area contributed by atoms with E-state index < -0.39 is 0 Å². The minimum Gasteiger partial charge on any atom is -0.379 e. The lowest BCUT2D eigenvalue weighted by Gasteiger charge is -2.29. The molecule has 1 saturated heterocycles. The standard InChI is InChI=1S/C19H27N3O2S/c1-4-5-18(23)22(7-6-21-8-10-24-11-9-21)19-20-16-12-14(2)15(3)13-17(16)25-19/h12-13H,4-11H2,1-3H3. The van der Waals surface area contributed by atoms with E-state index in [0.717, 1.165) is 54.6 Å². The molecule has 1 aliphatic rings. The number of fused-ring (bicyclic) bond motifs is 1. The number of thiazole rings is 1. The zero-order valence-corrected chi connectivity index (χ0v) is 16.2. The number of hydrogen-bond donors (Lipinski definition) is 0. The number of amides is 1. The number of anilines is 1. The number of ether oxygens (including phenoxy) is 1. The number of carbonyl (C=O) groups is 1. The molecule has 1 aromatic carbocycles. The molecule has 3 rings (SSSR count). The average molecular weight is 362 g/mol. The number of carbonyl (C=O) groups excluding carboxylic acids is 1. The van der Waals surface area contributed by atoms with E-state index in [-0.39, 0.29) is 5.91 Å². The van der Waals surface area contributed by atoms with E-state index in [0.29, 0.717) is 13.0 Å². The van der Waals surface area contributed by atoms with Gasteiger partial charge in [0, 0.05) is 32.6 Å².